The molecule has 0 spiro atoms. The van der Waals surface area contributed by atoms with Gasteiger partial charge in [0.05, 0.1) is 0 Å². The van der Waals surface area contributed by atoms with Crippen molar-refractivity contribution in [1.82, 2.24) is 0 Å². The molecule has 1 nitrogen and oxygen atoms in total. The van der Waals surface area contributed by atoms with Crippen molar-refractivity contribution in [3.63, 3.8) is 0 Å². The molecule has 0 bridgehead atoms. The van der Waals surface area contributed by atoms with Crippen LogP contribution in [-0.4, -0.2) is 12.4 Å². The molecule has 0 heterocycles. The van der Waals surface area contributed by atoms with Crippen LogP contribution >= 0.6 is 26.3 Å². The Morgan fingerprint density at radius 3 is 1.29 bits per heavy atom. The van der Waals surface area contributed by atoms with E-state index in [0.717, 1.165) is 12.4 Å². The zero-order valence-electron chi connectivity index (χ0n) is 13.4. The van der Waals surface area contributed by atoms with Gasteiger partial charge in [-0.15, -0.1) is 0 Å². The Kier molecular flexibility index (Phi) is 5.17. The van der Waals surface area contributed by atoms with E-state index >= 15 is 0 Å². The Morgan fingerprint density at radius 1 is 0.667 bits per heavy atom. The number of aldehydes is 1. The molecule has 0 amide bonds. The zero-order valence-corrected chi connectivity index (χ0v) is 16.4. The van der Waals surface area contributed by atoms with Gasteiger partial charge in [0.1, 0.15) is 0 Å². The molecule has 24 heavy (non-hydrogen) atoms. The van der Waals surface area contributed by atoms with E-state index in [1.807, 2.05) is 0 Å². The van der Waals surface area contributed by atoms with Gasteiger partial charge >= 0.3 is 157 Å². The minimum absolute atomic E-state index is 0.555. The number of benzene rings is 3. The van der Waals surface area contributed by atoms with Crippen molar-refractivity contribution in [2.24, 2.45) is 0 Å². The predicted octanol–water partition coefficient (Wildman–Crippen LogP) is 4.46. The van der Waals surface area contributed by atoms with E-state index in [1.54, 1.807) is 0 Å². The second kappa shape index (κ2) is 7.16. The van der Waals surface area contributed by atoms with Crippen molar-refractivity contribution in [3.05, 3.63) is 91.0 Å². The van der Waals surface area contributed by atoms with Crippen molar-refractivity contribution in [2.45, 2.75) is 6.42 Å². The van der Waals surface area contributed by atoms with Gasteiger partial charge in [0.25, 0.3) is 0 Å². The second-order valence-corrected chi connectivity index (χ2v) is 16.6. The van der Waals surface area contributed by atoms with Gasteiger partial charge in [0.2, 0.25) is 0 Å². The molecule has 3 aromatic carbocycles. The topological polar surface area (TPSA) is 17.1 Å². The van der Waals surface area contributed by atoms with E-state index in [9.17, 15) is 4.79 Å². The summed E-state index contributed by atoms with van der Waals surface area (Å²) in [5.41, 5.74) is 0. The molecule has 0 atom stereocenters. The van der Waals surface area contributed by atoms with Crippen LogP contribution in [0.5, 0.6) is 0 Å². The normalized spacial score (nSPS) is 13.0. The molecule has 0 saturated carbocycles. The molecule has 3 aromatic rings. The Bertz CT molecular complexity index is 704. The van der Waals surface area contributed by atoms with Crippen LogP contribution in [-0.2, 0) is 4.79 Å². The number of halogens is 1. The van der Waals surface area contributed by atoms with E-state index in [4.69, 9.17) is 0 Å². The molecule has 0 aliphatic rings. The van der Waals surface area contributed by atoms with E-state index < -0.39 is 4.25 Å². The molecular weight excluding hydrogens is 426 g/mol. The summed E-state index contributed by atoms with van der Waals surface area (Å²) in [6.07, 6.45) is 2.45. The number of carbonyl (C=O) groups is 1. The van der Waals surface area contributed by atoms with Crippen LogP contribution in [0.2, 0.25) is 0 Å². The van der Waals surface area contributed by atoms with Crippen LogP contribution in [0.3, 0.4) is 0 Å². The molecule has 0 N–H and O–H groups in total. The summed E-state index contributed by atoms with van der Waals surface area (Å²) in [7, 11) is 0. The van der Waals surface area contributed by atoms with Crippen molar-refractivity contribution in [3.8, 4) is 0 Å². The van der Waals surface area contributed by atoms with Crippen molar-refractivity contribution >= 4 is 48.5 Å². The number of hydrogen-bond donors (Lipinski definition) is 0. The molecule has 0 aromatic heterocycles. The van der Waals surface area contributed by atoms with Gasteiger partial charge in [-0.1, -0.05) is 0 Å². The van der Waals surface area contributed by atoms with E-state index in [0.29, 0.717) is 6.42 Å². The van der Waals surface area contributed by atoms with Crippen LogP contribution in [0.15, 0.2) is 91.0 Å². The van der Waals surface area contributed by atoms with Gasteiger partial charge in [0.15, 0.2) is 0 Å². The molecule has 3 heteroatoms. The maximum atomic E-state index is 11.3. The fraction of sp³-hybridized carbons (Fsp3) is 0.0952. The van der Waals surface area contributed by atoms with Gasteiger partial charge < -0.3 is 0 Å². The van der Waals surface area contributed by atoms with Crippen LogP contribution in [0.4, 0.5) is 0 Å². The number of carbonyl (C=O) groups excluding carboxylic acids is 1. The van der Waals surface area contributed by atoms with Crippen molar-refractivity contribution < 1.29 is 4.79 Å². The number of hydrogen-bond acceptors (Lipinski definition) is 1. The van der Waals surface area contributed by atoms with E-state index in [-0.39, 0.29) is 0 Å². The average molecular weight is 446 g/mol. The van der Waals surface area contributed by atoms with E-state index in [1.165, 1.54) is 15.9 Å². The molecular formula is C21H20IOP. The second-order valence-electron chi connectivity index (χ2n) is 5.87. The van der Waals surface area contributed by atoms with Gasteiger partial charge in [0, 0.05) is 0 Å². The summed E-state index contributed by atoms with van der Waals surface area (Å²) in [5.74, 6) is 0. The summed E-state index contributed by atoms with van der Waals surface area (Å²) in [6.45, 7) is 0. The maximum absolute atomic E-state index is 11.3. The first-order valence-electron chi connectivity index (χ1n) is 8.03. The Labute approximate surface area is 156 Å². The first-order chi connectivity index (χ1) is 11.7. The summed E-state index contributed by atoms with van der Waals surface area (Å²) in [5, 5.41) is 3.97. The summed E-state index contributed by atoms with van der Waals surface area (Å²) in [6, 6.07) is 32.1. The summed E-state index contributed by atoms with van der Waals surface area (Å²) < 4.78 is -2.71. The Morgan fingerprint density at radius 2 is 1.00 bits per heavy atom. The minimum atomic E-state index is -2.71. The molecule has 0 aliphatic carbocycles. The van der Waals surface area contributed by atoms with Crippen LogP contribution in [0.25, 0.3) is 0 Å². The summed E-state index contributed by atoms with van der Waals surface area (Å²) in [4.78, 5) is 11.3. The third kappa shape index (κ3) is 2.82. The SMILES string of the molecule is O=CCCP(I)(c1ccccc1)(c1ccccc1)c1ccccc1. The molecule has 0 radical (unpaired) electrons. The third-order valence-corrected chi connectivity index (χ3v) is 16.2. The van der Waals surface area contributed by atoms with Gasteiger partial charge in [-0.3, -0.25) is 0 Å². The first kappa shape index (κ1) is 17.3. The Balaban J connectivity index is 2.40. The standard InChI is InChI=1S/C21H20IOP/c22-24(18-10-17-23,19-11-4-1-5-12-19,20-13-6-2-7-14-20)21-15-8-3-9-16-21/h1-9,11-17H,10,18H2. The Hall–Kier alpha value is -1.51. The van der Waals surface area contributed by atoms with Gasteiger partial charge in [-0.25, -0.2) is 0 Å². The molecule has 0 fully saturated rings. The van der Waals surface area contributed by atoms with Crippen LogP contribution < -0.4 is 15.9 Å². The zero-order chi connectivity index (χ0) is 16.9. The fourth-order valence-electron chi connectivity index (χ4n) is 3.35. The van der Waals surface area contributed by atoms with Crippen molar-refractivity contribution in [1.29, 1.82) is 0 Å². The fourth-order valence-corrected chi connectivity index (χ4v) is 11.7. The van der Waals surface area contributed by atoms with Gasteiger partial charge in [-0.05, 0) is 0 Å². The first-order valence-corrected chi connectivity index (χ1v) is 13.2. The molecule has 0 unspecified atom stereocenters. The molecule has 3 rings (SSSR count). The van der Waals surface area contributed by atoms with Crippen molar-refractivity contribution in [2.75, 3.05) is 6.16 Å². The monoisotopic (exact) mass is 446 g/mol. The molecule has 0 saturated heterocycles. The molecule has 122 valence electrons. The van der Waals surface area contributed by atoms with E-state index in [2.05, 4.69) is 113 Å². The molecule has 0 aliphatic heterocycles. The predicted molar refractivity (Wildman–Crippen MR) is 115 cm³/mol. The quantitative estimate of drug-likeness (QED) is 0.311. The average Bonchev–Trinajstić information content (AvgIpc) is 2.68. The van der Waals surface area contributed by atoms with Gasteiger partial charge in [-0.2, -0.15) is 0 Å². The number of rotatable bonds is 6. The summed E-state index contributed by atoms with van der Waals surface area (Å²) >= 11 is 2.70. The van der Waals surface area contributed by atoms with Crippen LogP contribution in [0.1, 0.15) is 6.42 Å². The third-order valence-electron chi connectivity index (χ3n) is 4.55. The van der Waals surface area contributed by atoms with Crippen LogP contribution in [0, 0.1) is 0 Å².